The highest BCUT2D eigenvalue weighted by atomic mass is 19.4. The average Bonchev–Trinajstić information content (AvgIpc) is 2.69. The lowest BCUT2D eigenvalue weighted by atomic mass is 10.0. The summed E-state index contributed by atoms with van der Waals surface area (Å²) in [6, 6.07) is 5.01. The number of morpholine rings is 1. The second-order valence-corrected chi connectivity index (χ2v) is 7.34. The predicted molar refractivity (Wildman–Crippen MR) is 109 cm³/mol. The number of nitrogens with zero attached hydrogens (tertiary/aromatic N) is 2. The molecule has 0 bridgehead atoms. The van der Waals surface area contributed by atoms with Crippen LogP contribution in [-0.2, 0) is 10.9 Å². The summed E-state index contributed by atoms with van der Waals surface area (Å²) in [6.07, 6.45) is -4.37. The van der Waals surface area contributed by atoms with Crippen LogP contribution in [0.15, 0.2) is 29.3 Å². The van der Waals surface area contributed by atoms with Gasteiger partial charge in [-0.1, -0.05) is 17.9 Å². The number of halogens is 3. The highest BCUT2D eigenvalue weighted by Crippen LogP contribution is 2.29. The number of rotatable bonds is 5. The largest absolute Gasteiger partial charge is 0.416 e. The molecule has 0 radical (unpaired) electrons. The van der Waals surface area contributed by atoms with E-state index in [2.05, 4.69) is 46.2 Å². The SMILES string of the molecule is CCNC(=NCC(C)(C)N1CCOCC1)NCC#Cc1cccc(C(F)(F)F)c1. The van der Waals surface area contributed by atoms with Crippen LogP contribution in [0.5, 0.6) is 0 Å². The van der Waals surface area contributed by atoms with E-state index in [1.165, 1.54) is 6.07 Å². The van der Waals surface area contributed by atoms with Crippen molar-refractivity contribution in [2.45, 2.75) is 32.5 Å². The van der Waals surface area contributed by atoms with Crippen molar-refractivity contribution in [2.75, 3.05) is 45.9 Å². The number of benzene rings is 1. The Morgan fingerprint density at radius 2 is 1.93 bits per heavy atom. The third-order valence-corrected chi connectivity index (χ3v) is 4.60. The number of alkyl halides is 3. The maximum absolute atomic E-state index is 12.8. The molecule has 1 aromatic carbocycles. The minimum Gasteiger partial charge on any atom is -0.379 e. The van der Waals surface area contributed by atoms with Crippen molar-refractivity contribution in [1.82, 2.24) is 15.5 Å². The Labute approximate surface area is 170 Å². The van der Waals surface area contributed by atoms with Gasteiger partial charge in [-0.05, 0) is 39.0 Å². The number of guanidine groups is 1. The molecule has 29 heavy (non-hydrogen) atoms. The van der Waals surface area contributed by atoms with E-state index in [-0.39, 0.29) is 12.1 Å². The standard InChI is InChI=1S/C21H29F3N4O/c1-4-25-19(27-16-20(2,3)28-11-13-29-14-12-28)26-10-6-8-17-7-5-9-18(15-17)21(22,23)24/h5,7,9,15H,4,10-14,16H2,1-3H3,(H2,25,26,27). The fraction of sp³-hybridized carbons (Fsp3) is 0.571. The van der Waals surface area contributed by atoms with E-state index < -0.39 is 11.7 Å². The van der Waals surface area contributed by atoms with Crippen LogP contribution < -0.4 is 10.6 Å². The molecule has 0 amide bonds. The first-order valence-corrected chi connectivity index (χ1v) is 9.73. The first-order valence-electron chi connectivity index (χ1n) is 9.73. The first-order chi connectivity index (χ1) is 13.7. The molecule has 0 spiro atoms. The highest BCUT2D eigenvalue weighted by molar-refractivity contribution is 5.80. The second-order valence-electron chi connectivity index (χ2n) is 7.34. The van der Waals surface area contributed by atoms with E-state index in [9.17, 15) is 13.2 Å². The van der Waals surface area contributed by atoms with E-state index in [4.69, 9.17) is 4.74 Å². The van der Waals surface area contributed by atoms with Gasteiger partial charge >= 0.3 is 6.18 Å². The zero-order valence-electron chi connectivity index (χ0n) is 17.2. The van der Waals surface area contributed by atoms with Gasteiger partial charge in [0.1, 0.15) is 0 Å². The van der Waals surface area contributed by atoms with Crippen molar-refractivity contribution in [3.05, 3.63) is 35.4 Å². The molecule has 8 heteroatoms. The highest BCUT2D eigenvalue weighted by Gasteiger charge is 2.30. The van der Waals surface area contributed by atoms with Crippen LogP contribution in [0.3, 0.4) is 0 Å². The van der Waals surface area contributed by atoms with E-state index in [0.29, 0.717) is 24.6 Å². The molecule has 160 valence electrons. The number of hydrogen-bond acceptors (Lipinski definition) is 3. The van der Waals surface area contributed by atoms with Crippen molar-refractivity contribution in [3.8, 4) is 11.8 Å². The van der Waals surface area contributed by atoms with Gasteiger partial charge in [0.2, 0.25) is 0 Å². The Hall–Kier alpha value is -2.24. The number of hydrogen-bond donors (Lipinski definition) is 2. The molecule has 0 aliphatic carbocycles. The lowest BCUT2D eigenvalue weighted by molar-refractivity contribution is -0.137. The molecular weight excluding hydrogens is 381 g/mol. The Morgan fingerprint density at radius 1 is 1.21 bits per heavy atom. The van der Waals surface area contributed by atoms with Crippen molar-refractivity contribution < 1.29 is 17.9 Å². The van der Waals surface area contributed by atoms with Crippen molar-refractivity contribution in [1.29, 1.82) is 0 Å². The summed E-state index contributed by atoms with van der Waals surface area (Å²) in [7, 11) is 0. The third kappa shape index (κ3) is 7.59. The lowest BCUT2D eigenvalue weighted by Crippen LogP contribution is -2.52. The van der Waals surface area contributed by atoms with Crippen LogP contribution in [0.2, 0.25) is 0 Å². The molecule has 1 saturated heterocycles. The Morgan fingerprint density at radius 3 is 2.59 bits per heavy atom. The summed E-state index contributed by atoms with van der Waals surface area (Å²) in [5.41, 5.74) is -0.468. The number of aliphatic imine (C=N–C) groups is 1. The monoisotopic (exact) mass is 410 g/mol. The quantitative estimate of drug-likeness (QED) is 0.445. The molecule has 2 N–H and O–H groups in total. The molecule has 0 unspecified atom stereocenters. The Bertz CT molecular complexity index is 744. The summed E-state index contributed by atoms with van der Waals surface area (Å²) in [5, 5.41) is 6.28. The van der Waals surface area contributed by atoms with Crippen LogP contribution in [0.1, 0.15) is 31.9 Å². The first kappa shape index (κ1) is 23.0. The maximum Gasteiger partial charge on any atom is 0.416 e. The Balaban J connectivity index is 1.94. The third-order valence-electron chi connectivity index (χ3n) is 4.60. The van der Waals surface area contributed by atoms with Crippen LogP contribution in [0.4, 0.5) is 13.2 Å². The molecule has 1 fully saturated rings. The molecule has 1 aliphatic rings. The van der Waals surface area contributed by atoms with Gasteiger partial charge in [0.05, 0.1) is 31.9 Å². The zero-order valence-corrected chi connectivity index (χ0v) is 17.2. The minimum atomic E-state index is -4.37. The summed E-state index contributed by atoms with van der Waals surface area (Å²) in [4.78, 5) is 7.00. The minimum absolute atomic E-state index is 0.101. The molecule has 5 nitrogen and oxygen atoms in total. The molecule has 0 saturated carbocycles. The topological polar surface area (TPSA) is 48.9 Å². The van der Waals surface area contributed by atoms with Gasteiger partial charge in [-0.2, -0.15) is 13.2 Å². The van der Waals surface area contributed by atoms with Crippen LogP contribution >= 0.6 is 0 Å². The predicted octanol–water partition coefficient (Wildman–Crippen LogP) is 2.72. The average molecular weight is 410 g/mol. The van der Waals surface area contributed by atoms with E-state index in [1.54, 1.807) is 6.07 Å². The number of nitrogens with one attached hydrogen (secondary N) is 2. The van der Waals surface area contributed by atoms with Crippen molar-refractivity contribution in [3.63, 3.8) is 0 Å². The molecule has 1 aromatic rings. The van der Waals surface area contributed by atoms with Gasteiger partial charge in [0.25, 0.3) is 0 Å². The van der Waals surface area contributed by atoms with Crippen molar-refractivity contribution in [2.24, 2.45) is 4.99 Å². The molecule has 1 heterocycles. The molecular formula is C21H29F3N4O. The fourth-order valence-electron chi connectivity index (χ4n) is 2.93. The molecule has 0 aromatic heterocycles. The lowest BCUT2D eigenvalue weighted by Gasteiger charge is -2.39. The molecule has 2 rings (SSSR count). The van der Waals surface area contributed by atoms with Crippen LogP contribution in [0, 0.1) is 11.8 Å². The zero-order chi connectivity index (χ0) is 21.3. The van der Waals surface area contributed by atoms with Gasteiger partial charge in [0.15, 0.2) is 5.96 Å². The maximum atomic E-state index is 12.8. The van der Waals surface area contributed by atoms with Crippen LogP contribution in [-0.4, -0.2) is 62.3 Å². The molecule has 0 atom stereocenters. The summed E-state index contributed by atoms with van der Waals surface area (Å²) in [5.74, 6) is 6.25. The van der Waals surface area contributed by atoms with Gasteiger partial charge in [-0.15, -0.1) is 0 Å². The van der Waals surface area contributed by atoms with Gasteiger partial charge in [-0.25, -0.2) is 0 Å². The smallest absolute Gasteiger partial charge is 0.379 e. The summed E-state index contributed by atoms with van der Waals surface area (Å²) in [6.45, 7) is 11.1. The van der Waals surface area contributed by atoms with Gasteiger partial charge < -0.3 is 15.4 Å². The summed E-state index contributed by atoms with van der Waals surface area (Å²) >= 11 is 0. The van der Waals surface area contributed by atoms with E-state index >= 15 is 0 Å². The van der Waals surface area contributed by atoms with Gasteiger partial charge in [-0.3, -0.25) is 9.89 Å². The van der Waals surface area contributed by atoms with Gasteiger partial charge in [0, 0.05) is 30.7 Å². The normalized spacial score (nSPS) is 16.1. The van der Waals surface area contributed by atoms with E-state index in [1.807, 2.05) is 6.92 Å². The fourth-order valence-corrected chi connectivity index (χ4v) is 2.93. The molecule has 1 aliphatic heterocycles. The summed E-state index contributed by atoms with van der Waals surface area (Å²) < 4.78 is 43.7. The number of ether oxygens (including phenoxy) is 1. The van der Waals surface area contributed by atoms with Crippen molar-refractivity contribution >= 4 is 5.96 Å². The Kier molecular flexibility index (Phi) is 8.35. The van der Waals surface area contributed by atoms with E-state index in [0.717, 1.165) is 38.4 Å². The van der Waals surface area contributed by atoms with Crippen LogP contribution in [0.25, 0.3) is 0 Å². The second kappa shape index (κ2) is 10.5.